The van der Waals surface area contributed by atoms with Crippen molar-refractivity contribution in [3.05, 3.63) is 71.7 Å². The fourth-order valence-corrected chi connectivity index (χ4v) is 3.99. The first kappa shape index (κ1) is 22.7. The number of hydrogen-bond acceptors (Lipinski definition) is 10. The lowest BCUT2D eigenvalue weighted by molar-refractivity contribution is 0.763. The quantitative estimate of drug-likeness (QED) is 0.223. The Bertz CT molecular complexity index is 1060. The van der Waals surface area contributed by atoms with Gasteiger partial charge < -0.3 is 9.80 Å². The highest BCUT2D eigenvalue weighted by Gasteiger charge is 2.05. The normalized spacial score (nSPS) is 11.5. The third kappa shape index (κ3) is 6.74. The maximum Gasteiger partial charge on any atom is 0.229 e. The summed E-state index contributed by atoms with van der Waals surface area (Å²) in [6.07, 6.45) is 4.48. The van der Waals surface area contributed by atoms with Crippen LogP contribution in [0.2, 0.25) is 0 Å². The number of thiazole rings is 2. The summed E-state index contributed by atoms with van der Waals surface area (Å²) in [5, 5.41) is 21.8. The average molecular weight is 477 g/mol. The van der Waals surface area contributed by atoms with Gasteiger partial charge in [0.1, 0.15) is 0 Å². The third-order valence-electron chi connectivity index (χ3n) is 4.91. The number of anilines is 2. The Hall–Kier alpha value is -3.50. The van der Waals surface area contributed by atoms with E-state index in [9.17, 15) is 0 Å². The highest BCUT2D eigenvalue weighted by atomic mass is 32.1. The van der Waals surface area contributed by atoms with Gasteiger partial charge in [0.2, 0.25) is 10.3 Å². The van der Waals surface area contributed by atoms with Gasteiger partial charge in [-0.25, -0.2) is 9.97 Å². The van der Waals surface area contributed by atoms with Crippen molar-refractivity contribution >= 4 is 55.7 Å². The predicted octanol–water partition coefficient (Wildman–Crippen LogP) is 7.39. The van der Waals surface area contributed by atoms with Crippen molar-refractivity contribution in [2.24, 2.45) is 20.5 Å². The zero-order valence-electron chi connectivity index (χ0n) is 18.4. The number of nitrogens with zero attached hydrogens (tertiary/aromatic N) is 8. The van der Waals surface area contributed by atoms with E-state index < -0.39 is 0 Å². The number of benzene rings is 2. The molecule has 0 aliphatic carbocycles. The zero-order valence-corrected chi connectivity index (χ0v) is 20.1. The van der Waals surface area contributed by atoms with Gasteiger partial charge in [0.25, 0.3) is 0 Å². The molecule has 168 valence electrons. The van der Waals surface area contributed by atoms with Crippen molar-refractivity contribution in [3.8, 4) is 0 Å². The summed E-state index contributed by atoms with van der Waals surface area (Å²) in [6, 6.07) is 16.2. The summed E-state index contributed by atoms with van der Waals surface area (Å²) in [5.41, 5.74) is 3.94. The summed E-state index contributed by atoms with van der Waals surface area (Å²) < 4.78 is 0. The van der Waals surface area contributed by atoms with Crippen molar-refractivity contribution in [2.75, 3.05) is 37.0 Å². The second-order valence-corrected chi connectivity index (χ2v) is 9.00. The molecule has 0 aliphatic heterocycles. The van der Waals surface area contributed by atoms with Crippen LogP contribution < -0.4 is 9.80 Å². The standard InChI is InChI=1S/C23H24N8S2/c1-30(20-8-4-18(5-9-20)26-28-22-24-12-16-32-22)14-3-15-31(2)21-10-6-19(7-11-21)27-29-23-25-13-17-33-23/h4-13,16-17H,3,14-15H2,1-2H3. The van der Waals surface area contributed by atoms with Gasteiger partial charge in [-0.15, -0.1) is 43.1 Å². The van der Waals surface area contributed by atoms with Crippen LogP contribution in [0.15, 0.2) is 92.1 Å². The third-order valence-corrected chi connectivity index (χ3v) is 6.22. The molecular formula is C23H24N8S2. The summed E-state index contributed by atoms with van der Waals surface area (Å²) in [5.74, 6) is 0. The first-order valence-electron chi connectivity index (χ1n) is 10.4. The number of rotatable bonds is 10. The minimum absolute atomic E-state index is 0.662. The minimum atomic E-state index is 0.662. The van der Waals surface area contributed by atoms with Crippen molar-refractivity contribution in [1.82, 2.24) is 9.97 Å². The summed E-state index contributed by atoms with van der Waals surface area (Å²) in [6.45, 7) is 1.90. The lowest BCUT2D eigenvalue weighted by Crippen LogP contribution is -2.25. The van der Waals surface area contributed by atoms with E-state index in [1.807, 2.05) is 35.0 Å². The monoisotopic (exact) mass is 476 g/mol. The largest absolute Gasteiger partial charge is 0.375 e. The van der Waals surface area contributed by atoms with Crippen LogP contribution in [0, 0.1) is 0 Å². The van der Waals surface area contributed by atoms with Gasteiger partial charge in [-0.1, -0.05) is 0 Å². The molecule has 10 heteroatoms. The van der Waals surface area contributed by atoms with E-state index in [2.05, 4.69) is 78.6 Å². The van der Waals surface area contributed by atoms with Gasteiger partial charge in [0.15, 0.2) is 0 Å². The first-order valence-corrected chi connectivity index (χ1v) is 12.2. The topological polar surface area (TPSA) is 81.7 Å². The molecule has 0 spiro atoms. The summed E-state index contributed by atoms with van der Waals surface area (Å²) in [4.78, 5) is 12.7. The molecule has 8 nitrogen and oxygen atoms in total. The van der Waals surface area contributed by atoms with Gasteiger partial charge >= 0.3 is 0 Å². The van der Waals surface area contributed by atoms with E-state index in [1.165, 1.54) is 22.7 Å². The lowest BCUT2D eigenvalue weighted by Gasteiger charge is -2.23. The molecule has 0 aliphatic rings. The van der Waals surface area contributed by atoms with Crippen LogP contribution in [0.25, 0.3) is 0 Å². The van der Waals surface area contributed by atoms with E-state index in [0.29, 0.717) is 10.3 Å². The molecule has 2 aromatic carbocycles. The molecule has 33 heavy (non-hydrogen) atoms. The van der Waals surface area contributed by atoms with E-state index in [4.69, 9.17) is 0 Å². The van der Waals surface area contributed by atoms with Crippen LogP contribution in [0.3, 0.4) is 0 Å². The highest BCUT2D eigenvalue weighted by molar-refractivity contribution is 7.13. The van der Waals surface area contributed by atoms with E-state index in [1.54, 1.807) is 12.4 Å². The first-order chi connectivity index (χ1) is 16.2. The summed E-state index contributed by atoms with van der Waals surface area (Å²) >= 11 is 2.94. The van der Waals surface area contributed by atoms with Crippen molar-refractivity contribution < 1.29 is 0 Å². The summed E-state index contributed by atoms with van der Waals surface area (Å²) in [7, 11) is 4.21. The van der Waals surface area contributed by atoms with Crippen LogP contribution >= 0.6 is 22.7 Å². The molecule has 0 fully saturated rings. The van der Waals surface area contributed by atoms with E-state index in [0.717, 1.165) is 42.3 Å². The smallest absolute Gasteiger partial charge is 0.229 e. The molecule has 0 radical (unpaired) electrons. The average Bonchev–Trinajstić information content (AvgIpc) is 3.56. The predicted molar refractivity (Wildman–Crippen MR) is 137 cm³/mol. The maximum atomic E-state index is 4.23. The van der Waals surface area contributed by atoms with Crippen LogP contribution in [0.1, 0.15) is 6.42 Å². The molecule has 4 aromatic rings. The number of hydrogen-bond donors (Lipinski definition) is 0. The fourth-order valence-electron chi connectivity index (χ4n) is 3.08. The number of azo groups is 2. The van der Waals surface area contributed by atoms with Crippen molar-refractivity contribution in [3.63, 3.8) is 0 Å². The van der Waals surface area contributed by atoms with Crippen LogP contribution in [-0.4, -0.2) is 37.2 Å². The Kier molecular flexibility index (Phi) is 7.83. The SMILES string of the molecule is CN(CCCN(C)c1ccc(N=Nc2nccs2)cc1)c1ccc(N=Nc2nccs2)cc1. The Morgan fingerprint density at radius 1 is 0.636 bits per heavy atom. The Morgan fingerprint density at radius 2 is 1.06 bits per heavy atom. The van der Waals surface area contributed by atoms with Gasteiger partial charge in [0.05, 0.1) is 11.4 Å². The van der Waals surface area contributed by atoms with Gasteiger partial charge in [-0.2, -0.15) is 0 Å². The molecule has 0 saturated carbocycles. The van der Waals surface area contributed by atoms with E-state index in [-0.39, 0.29) is 0 Å². The van der Waals surface area contributed by atoms with Crippen LogP contribution in [0.4, 0.5) is 33.0 Å². The van der Waals surface area contributed by atoms with Gasteiger partial charge in [0, 0.05) is 61.7 Å². The van der Waals surface area contributed by atoms with Crippen LogP contribution in [-0.2, 0) is 0 Å². The van der Waals surface area contributed by atoms with Gasteiger partial charge in [-0.05, 0) is 55.0 Å². The maximum absolute atomic E-state index is 4.23. The molecule has 0 atom stereocenters. The second-order valence-electron chi connectivity index (χ2n) is 7.26. The van der Waals surface area contributed by atoms with Crippen LogP contribution in [0.5, 0.6) is 0 Å². The minimum Gasteiger partial charge on any atom is -0.375 e. The molecule has 2 heterocycles. The van der Waals surface area contributed by atoms with Crippen molar-refractivity contribution in [2.45, 2.75) is 6.42 Å². The highest BCUT2D eigenvalue weighted by Crippen LogP contribution is 2.24. The molecule has 2 aromatic heterocycles. The van der Waals surface area contributed by atoms with E-state index >= 15 is 0 Å². The Balaban J connectivity index is 1.23. The second kappa shape index (κ2) is 11.4. The van der Waals surface area contributed by atoms with Crippen molar-refractivity contribution in [1.29, 1.82) is 0 Å². The molecule has 0 saturated heterocycles. The van der Waals surface area contributed by atoms with Gasteiger partial charge in [-0.3, -0.25) is 0 Å². The lowest BCUT2D eigenvalue weighted by atomic mass is 10.2. The molecular weight excluding hydrogens is 452 g/mol. The zero-order chi connectivity index (χ0) is 22.9. The molecule has 0 unspecified atom stereocenters. The Morgan fingerprint density at radius 3 is 1.42 bits per heavy atom. The molecule has 0 N–H and O–H groups in total. The fraction of sp³-hybridized carbons (Fsp3) is 0.217. The molecule has 0 amide bonds. The molecule has 4 rings (SSSR count). The number of aromatic nitrogens is 2. The molecule has 0 bridgehead atoms. The Labute approximate surface area is 201 Å².